The predicted molar refractivity (Wildman–Crippen MR) is 196 cm³/mol. The van der Waals surface area contributed by atoms with Crippen LogP contribution in [-0.2, 0) is 28.7 Å². The van der Waals surface area contributed by atoms with Gasteiger partial charge in [-0.05, 0) is 57.4 Å². The van der Waals surface area contributed by atoms with Crippen LogP contribution in [-0.4, -0.2) is 104 Å². The highest BCUT2D eigenvalue weighted by Gasteiger charge is 2.77. The van der Waals surface area contributed by atoms with E-state index in [9.17, 15) is 24.3 Å². The monoisotopic (exact) mass is 757 g/mol. The van der Waals surface area contributed by atoms with Crippen molar-refractivity contribution in [3.05, 3.63) is 61.2 Å². The number of amides is 3. The van der Waals surface area contributed by atoms with Gasteiger partial charge in [-0.2, -0.15) is 0 Å². The lowest BCUT2D eigenvalue weighted by atomic mass is 9.70. The molecular formula is C39H56BrN3O7. The first-order chi connectivity index (χ1) is 23.5. The summed E-state index contributed by atoms with van der Waals surface area (Å²) in [5.74, 6) is -3.30. The normalized spacial score (nSPS) is 27.0. The number of allylic oxidation sites excluding steroid dienone is 1. The van der Waals surface area contributed by atoms with E-state index in [-0.39, 0.29) is 60.5 Å². The van der Waals surface area contributed by atoms with Gasteiger partial charge in [0, 0.05) is 43.5 Å². The second kappa shape index (κ2) is 15.7. The van der Waals surface area contributed by atoms with Crippen LogP contribution in [0, 0.1) is 17.3 Å². The van der Waals surface area contributed by atoms with Crippen molar-refractivity contribution in [2.45, 2.75) is 114 Å². The van der Waals surface area contributed by atoms with Crippen LogP contribution in [0.2, 0.25) is 0 Å². The van der Waals surface area contributed by atoms with Crippen LogP contribution in [0.1, 0.15) is 85.3 Å². The first kappa shape index (κ1) is 39.8. The zero-order valence-corrected chi connectivity index (χ0v) is 32.4. The molecule has 3 heterocycles. The summed E-state index contributed by atoms with van der Waals surface area (Å²) in [7, 11) is 1.69. The number of halogens is 1. The number of benzene rings is 1. The molecule has 1 N–H and O–H groups in total. The number of hydrogen-bond acceptors (Lipinski definition) is 7. The van der Waals surface area contributed by atoms with Crippen LogP contribution in [0.5, 0.6) is 0 Å². The summed E-state index contributed by atoms with van der Waals surface area (Å²) in [5.41, 5.74) is -1.27. The van der Waals surface area contributed by atoms with Gasteiger partial charge in [0.2, 0.25) is 17.7 Å². The minimum absolute atomic E-state index is 0.0963. The van der Waals surface area contributed by atoms with E-state index < -0.39 is 53.2 Å². The van der Waals surface area contributed by atoms with E-state index >= 15 is 0 Å². The third-order valence-corrected chi connectivity index (χ3v) is 11.3. The number of carbonyl (C=O) groups is 4. The van der Waals surface area contributed by atoms with Gasteiger partial charge in [0.1, 0.15) is 17.7 Å². The lowest BCUT2D eigenvalue weighted by Gasteiger charge is -2.45. The van der Waals surface area contributed by atoms with E-state index in [2.05, 4.69) is 49.9 Å². The van der Waals surface area contributed by atoms with Crippen molar-refractivity contribution in [1.82, 2.24) is 14.7 Å². The Hall–Kier alpha value is -3.02. The quantitative estimate of drug-likeness (QED) is 0.136. The molecule has 3 aliphatic rings. The van der Waals surface area contributed by atoms with Crippen molar-refractivity contribution in [2.75, 3.05) is 26.7 Å². The van der Waals surface area contributed by atoms with Crippen molar-refractivity contribution in [2.24, 2.45) is 17.3 Å². The fourth-order valence-corrected chi connectivity index (χ4v) is 9.53. The third kappa shape index (κ3) is 7.75. The number of hydrogen-bond donors (Lipinski definition) is 1. The second-order valence-electron chi connectivity index (χ2n) is 15.9. The van der Waals surface area contributed by atoms with Gasteiger partial charge in [0.05, 0.1) is 24.0 Å². The number of likely N-dealkylation sites (tertiary alicyclic amines) is 1. The Labute approximate surface area is 306 Å². The Bertz CT molecular complexity index is 1430. The molecule has 1 aromatic carbocycles. The van der Waals surface area contributed by atoms with Crippen LogP contribution in [0.15, 0.2) is 55.6 Å². The first-order valence-corrected chi connectivity index (χ1v) is 18.6. The summed E-state index contributed by atoms with van der Waals surface area (Å²) in [4.78, 5) is 61.6. The zero-order chi connectivity index (χ0) is 37.2. The molecule has 0 saturated carbocycles. The van der Waals surface area contributed by atoms with Crippen LogP contribution < -0.4 is 0 Å². The van der Waals surface area contributed by atoms with Gasteiger partial charge in [-0.1, -0.05) is 79.2 Å². The number of alkyl halides is 1. The van der Waals surface area contributed by atoms with E-state index in [4.69, 9.17) is 9.47 Å². The average Bonchev–Trinajstić information content (AvgIpc) is 3.65. The van der Waals surface area contributed by atoms with Crippen LogP contribution in [0.25, 0.3) is 0 Å². The number of nitrogens with zero attached hydrogens (tertiary/aromatic N) is 3. The number of esters is 1. The molecule has 2 bridgehead atoms. The maximum atomic E-state index is 14.9. The predicted octanol–water partition coefficient (Wildman–Crippen LogP) is 5.44. The molecule has 10 nitrogen and oxygen atoms in total. The molecule has 8 atom stereocenters. The first-order valence-electron chi connectivity index (χ1n) is 17.7. The Balaban J connectivity index is 1.74. The maximum absolute atomic E-state index is 14.9. The van der Waals surface area contributed by atoms with E-state index in [0.29, 0.717) is 24.8 Å². The number of aliphatic hydroxyl groups excluding tert-OH is 1. The number of likely N-dealkylation sites (N-methyl/N-ethyl adjacent to an activating group) is 1. The highest BCUT2D eigenvalue weighted by atomic mass is 79.9. The van der Waals surface area contributed by atoms with Gasteiger partial charge in [0.25, 0.3) is 0 Å². The highest BCUT2D eigenvalue weighted by Crippen LogP contribution is 2.61. The number of ether oxygens (including phenoxy) is 2. The van der Waals surface area contributed by atoms with Gasteiger partial charge in [-0.3, -0.25) is 19.2 Å². The Morgan fingerprint density at radius 3 is 2.40 bits per heavy atom. The molecule has 50 heavy (non-hydrogen) atoms. The van der Waals surface area contributed by atoms with Gasteiger partial charge in [-0.15, -0.1) is 13.2 Å². The van der Waals surface area contributed by atoms with Crippen molar-refractivity contribution in [3.8, 4) is 0 Å². The van der Waals surface area contributed by atoms with Crippen LogP contribution in [0.3, 0.4) is 0 Å². The molecule has 1 aromatic rings. The van der Waals surface area contributed by atoms with Crippen LogP contribution in [0.4, 0.5) is 0 Å². The van der Waals surface area contributed by atoms with Crippen molar-refractivity contribution < 1.29 is 33.8 Å². The summed E-state index contributed by atoms with van der Waals surface area (Å²) in [5, 5.41) is 9.80. The molecule has 11 heteroatoms. The van der Waals surface area contributed by atoms with Gasteiger partial charge < -0.3 is 29.3 Å². The van der Waals surface area contributed by atoms with E-state index in [1.54, 1.807) is 29.0 Å². The Morgan fingerprint density at radius 2 is 1.82 bits per heavy atom. The van der Waals surface area contributed by atoms with E-state index in [1.165, 1.54) is 4.90 Å². The molecule has 1 spiro atoms. The highest BCUT2D eigenvalue weighted by molar-refractivity contribution is 9.09. The fraction of sp³-hybridized carbons (Fsp3) is 0.641. The Kier molecular flexibility index (Phi) is 12.5. The zero-order valence-electron chi connectivity index (χ0n) is 30.8. The summed E-state index contributed by atoms with van der Waals surface area (Å²) >= 11 is 3.75. The lowest BCUT2D eigenvalue weighted by Crippen LogP contribution is -2.61. The SMILES string of the molecule is C=CCCC(=O)N(C)[C@@H](C)[C@@H](OC(=O)[C@@H]1[C@H]2O[C@@]3(CC2Br)[C@H](C(=O)N(CC=C)C(C)(C)CC(C)(C)C)N(CCCO)C(=O)[C@@H]13)c1ccccc1. The average molecular weight is 759 g/mol. The molecule has 3 aliphatic heterocycles. The third-order valence-electron chi connectivity index (χ3n) is 10.5. The minimum Gasteiger partial charge on any atom is -0.455 e. The molecule has 3 amide bonds. The van der Waals surface area contributed by atoms with E-state index in [0.717, 1.165) is 0 Å². The summed E-state index contributed by atoms with van der Waals surface area (Å²) in [6, 6.07) is 7.72. The van der Waals surface area contributed by atoms with Crippen molar-refractivity contribution in [1.29, 1.82) is 0 Å². The minimum atomic E-state index is -1.28. The van der Waals surface area contributed by atoms with Gasteiger partial charge >= 0.3 is 5.97 Å². The van der Waals surface area contributed by atoms with Gasteiger partial charge in [0.15, 0.2) is 0 Å². The molecule has 4 rings (SSSR count). The maximum Gasteiger partial charge on any atom is 0.313 e. The lowest BCUT2D eigenvalue weighted by molar-refractivity contribution is -0.164. The summed E-state index contributed by atoms with van der Waals surface area (Å²) in [6.45, 7) is 20.1. The van der Waals surface area contributed by atoms with Crippen LogP contribution >= 0.6 is 15.9 Å². The number of rotatable bonds is 16. The van der Waals surface area contributed by atoms with E-state index in [1.807, 2.05) is 51.1 Å². The summed E-state index contributed by atoms with van der Waals surface area (Å²) in [6.07, 6.45) is 3.95. The molecule has 0 aliphatic carbocycles. The smallest absolute Gasteiger partial charge is 0.313 e. The number of aliphatic hydroxyl groups is 1. The number of carbonyl (C=O) groups excluding carboxylic acids is 4. The van der Waals surface area contributed by atoms with Crippen molar-refractivity contribution in [3.63, 3.8) is 0 Å². The Morgan fingerprint density at radius 1 is 1.16 bits per heavy atom. The molecule has 3 fully saturated rings. The molecule has 276 valence electrons. The molecule has 0 aromatic heterocycles. The molecular weight excluding hydrogens is 702 g/mol. The largest absolute Gasteiger partial charge is 0.455 e. The standard InChI is InChI=1S/C39H56BrN3O7/c1-10-12-19-28(45)41(9)25(3)31(26-17-14-13-15-18-26)49-36(48)29-30-34(46)42(21-16-22-44)33(39(30)23-27(40)32(29)50-39)35(47)43(20-11-2)38(7,8)24-37(4,5)6/h10-11,13-15,17-18,25,27,29-33,44H,1-2,12,16,19-24H2,3-9H3/t25-,27?,29-,30+,31+,32-,33-,39+/m0/s1. The van der Waals surface area contributed by atoms with Crippen molar-refractivity contribution >= 4 is 39.6 Å². The topological polar surface area (TPSA) is 117 Å². The second-order valence-corrected chi connectivity index (χ2v) is 17.1. The molecule has 1 unspecified atom stereocenters. The molecule has 0 radical (unpaired) electrons. The summed E-state index contributed by atoms with van der Waals surface area (Å²) < 4.78 is 13.1. The van der Waals surface area contributed by atoms with Gasteiger partial charge in [-0.25, -0.2) is 0 Å². The number of fused-ring (bicyclic) bond motifs is 1. The molecule has 3 saturated heterocycles. The fourth-order valence-electron chi connectivity index (χ4n) is 8.59.